The zero-order valence-corrected chi connectivity index (χ0v) is 4.46. The third kappa shape index (κ3) is 3.90. The number of ether oxygens (including phenoxy) is 1. The first-order valence-corrected chi connectivity index (χ1v) is 2.42. The van der Waals surface area contributed by atoms with Gasteiger partial charge in [-0.05, 0) is 6.16 Å². The van der Waals surface area contributed by atoms with Crippen LogP contribution in [-0.4, -0.2) is 19.2 Å². The van der Waals surface area contributed by atoms with Crippen molar-refractivity contribution in [3.63, 3.8) is 0 Å². The van der Waals surface area contributed by atoms with Gasteiger partial charge in [0.1, 0.15) is 0 Å². The van der Waals surface area contributed by atoms with E-state index in [0.29, 0.717) is 6.61 Å². The van der Waals surface area contributed by atoms with Gasteiger partial charge in [-0.1, -0.05) is 0 Å². The SMILES string of the molecule is O=[C]OCCP. The summed E-state index contributed by atoms with van der Waals surface area (Å²) in [4.78, 5) is 9.21. The summed E-state index contributed by atoms with van der Waals surface area (Å²) >= 11 is 0. The molecule has 1 radical (unpaired) electrons. The first-order valence-electron chi connectivity index (χ1n) is 1.61. The van der Waals surface area contributed by atoms with Crippen molar-refractivity contribution in [1.82, 2.24) is 0 Å². The predicted octanol–water partition coefficient (Wildman–Crippen LogP) is -0.0547. The van der Waals surface area contributed by atoms with Crippen molar-refractivity contribution in [1.29, 1.82) is 0 Å². The molecule has 35 valence electrons. The van der Waals surface area contributed by atoms with Gasteiger partial charge in [0.15, 0.2) is 0 Å². The van der Waals surface area contributed by atoms with Gasteiger partial charge in [-0.25, -0.2) is 4.79 Å². The second-order valence-corrected chi connectivity index (χ2v) is 1.30. The minimum absolute atomic E-state index is 0.453. The van der Waals surface area contributed by atoms with Gasteiger partial charge in [0.05, 0.1) is 6.61 Å². The molecular formula is C3H6O2P. The molecule has 0 fully saturated rings. The zero-order valence-electron chi connectivity index (χ0n) is 3.31. The average molecular weight is 105 g/mol. The molecule has 0 aromatic rings. The van der Waals surface area contributed by atoms with Crippen LogP contribution in [0.15, 0.2) is 0 Å². The van der Waals surface area contributed by atoms with Crippen molar-refractivity contribution in [2.45, 2.75) is 0 Å². The van der Waals surface area contributed by atoms with Gasteiger partial charge in [0.2, 0.25) is 0 Å². The van der Waals surface area contributed by atoms with E-state index in [4.69, 9.17) is 0 Å². The molecule has 0 saturated heterocycles. The molecule has 0 aliphatic heterocycles. The molecule has 0 rings (SSSR count). The molecule has 0 aromatic carbocycles. The van der Waals surface area contributed by atoms with Crippen LogP contribution in [0.4, 0.5) is 0 Å². The average Bonchev–Trinajstić information content (AvgIpc) is 1.61. The normalized spacial score (nSPS) is 7.50. The van der Waals surface area contributed by atoms with E-state index in [-0.39, 0.29) is 0 Å². The predicted molar refractivity (Wildman–Crippen MR) is 26.2 cm³/mol. The summed E-state index contributed by atoms with van der Waals surface area (Å²) in [5, 5.41) is 0. The molecule has 2 nitrogen and oxygen atoms in total. The Bertz CT molecular complexity index is 37.8. The van der Waals surface area contributed by atoms with E-state index in [1.54, 1.807) is 0 Å². The fourth-order valence-electron chi connectivity index (χ4n) is 0.101. The van der Waals surface area contributed by atoms with E-state index in [9.17, 15) is 4.79 Å². The molecule has 0 heterocycles. The third-order valence-corrected chi connectivity index (χ3v) is 0.515. The molecule has 0 bridgehead atoms. The van der Waals surface area contributed by atoms with Gasteiger partial charge < -0.3 is 4.74 Å². The van der Waals surface area contributed by atoms with Crippen LogP contribution in [0.2, 0.25) is 0 Å². The molecule has 3 heteroatoms. The van der Waals surface area contributed by atoms with E-state index in [2.05, 4.69) is 14.0 Å². The van der Waals surface area contributed by atoms with E-state index < -0.39 is 0 Å². The van der Waals surface area contributed by atoms with Gasteiger partial charge in [-0.2, -0.15) is 0 Å². The highest BCUT2D eigenvalue weighted by atomic mass is 31.0. The maximum atomic E-state index is 9.21. The Morgan fingerprint density at radius 1 is 1.83 bits per heavy atom. The summed E-state index contributed by atoms with van der Waals surface area (Å²) < 4.78 is 4.16. The van der Waals surface area contributed by atoms with Crippen molar-refractivity contribution in [3.8, 4) is 0 Å². The van der Waals surface area contributed by atoms with Gasteiger partial charge in [0, 0.05) is 0 Å². The minimum Gasteiger partial charge on any atom is -0.457 e. The summed E-state index contributed by atoms with van der Waals surface area (Å²) in [6.07, 6.45) is 0.787. The van der Waals surface area contributed by atoms with E-state index >= 15 is 0 Å². The second-order valence-electron chi connectivity index (χ2n) is 0.720. The van der Waals surface area contributed by atoms with Crippen LogP contribution in [0.25, 0.3) is 0 Å². The fourth-order valence-corrected chi connectivity index (χ4v) is 0.218. The van der Waals surface area contributed by atoms with E-state index in [1.807, 2.05) is 0 Å². The monoisotopic (exact) mass is 105 g/mol. The van der Waals surface area contributed by atoms with Gasteiger partial charge in [0.25, 0.3) is 0 Å². The molecule has 0 N–H and O–H groups in total. The van der Waals surface area contributed by atoms with Gasteiger partial charge >= 0.3 is 6.47 Å². The molecule has 0 amide bonds. The standard InChI is InChI=1S/C3H6O2P/c4-3-5-1-2-6/h1-2,6H2. The maximum Gasteiger partial charge on any atom is 0.417 e. The molecule has 1 unspecified atom stereocenters. The van der Waals surface area contributed by atoms with Gasteiger partial charge in [-0.15, -0.1) is 9.24 Å². The summed E-state index contributed by atoms with van der Waals surface area (Å²) in [5.74, 6) is 0. The van der Waals surface area contributed by atoms with Crippen molar-refractivity contribution >= 4 is 15.7 Å². The minimum atomic E-state index is 0.453. The Hall–Kier alpha value is -0.100. The van der Waals surface area contributed by atoms with Crippen LogP contribution in [0.5, 0.6) is 0 Å². The Morgan fingerprint density at radius 2 is 2.50 bits per heavy atom. The maximum absolute atomic E-state index is 9.21. The zero-order chi connectivity index (χ0) is 4.83. The Labute approximate surface area is 39.1 Å². The van der Waals surface area contributed by atoms with Crippen LogP contribution in [-0.2, 0) is 9.53 Å². The smallest absolute Gasteiger partial charge is 0.417 e. The van der Waals surface area contributed by atoms with Crippen LogP contribution >= 0.6 is 9.24 Å². The number of rotatable bonds is 3. The lowest BCUT2D eigenvalue weighted by Crippen LogP contribution is -1.89. The molecule has 0 saturated carbocycles. The first-order chi connectivity index (χ1) is 2.91. The number of hydrogen-bond donors (Lipinski definition) is 0. The molecular weight excluding hydrogens is 99.0 g/mol. The quantitative estimate of drug-likeness (QED) is 0.371. The summed E-state index contributed by atoms with van der Waals surface area (Å²) in [7, 11) is 2.43. The second kappa shape index (κ2) is 4.90. The van der Waals surface area contributed by atoms with Crippen molar-refractivity contribution < 1.29 is 9.53 Å². The summed E-state index contributed by atoms with van der Waals surface area (Å²) in [6.45, 7) is 1.76. The van der Waals surface area contributed by atoms with Crippen LogP contribution in [0, 0.1) is 0 Å². The lowest BCUT2D eigenvalue weighted by Gasteiger charge is -1.84. The first kappa shape index (κ1) is 5.90. The molecule has 0 aliphatic rings. The van der Waals surface area contributed by atoms with E-state index in [0.717, 1.165) is 6.16 Å². The van der Waals surface area contributed by atoms with Crippen molar-refractivity contribution in [3.05, 3.63) is 0 Å². The lowest BCUT2D eigenvalue weighted by molar-refractivity contribution is 0.299. The Morgan fingerprint density at radius 3 is 2.67 bits per heavy atom. The van der Waals surface area contributed by atoms with Crippen LogP contribution in [0.1, 0.15) is 0 Å². The Balaban J connectivity index is 2.49. The number of hydrogen-bond acceptors (Lipinski definition) is 2. The topological polar surface area (TPSA) is 26.3 Å². The van der Waals surface area contributed by atoms with Crippen molar-refractivity contribution in [2.24, 2.45) is 0 Å². The highest BCUT2D eigenvalue weighted by Gasteiger charge is 1.73. The largest absolute Gasteiger partial charge is 0.457 e. The molecule has 6 heavy (non-hydrogen) atoms. The van der Waals surface area contributed by atoms with Gasteiger partial charge in [-0.3, -0.25) is 0 Å². The van der Waals surface area contributed by atoms with Crippen molar-refractivity contribution in [2.75, 3.05) is 12.8 Å². The van der Waals surface area contributed by atoms with Crippen LogP contribution < -0.4 is 0 Å². The third-order valence-electron chi connectivity index (χ3n) is 0.279. The highest BCUT2D eigenvalue weighted by Crippen LogP contribution is 1.76. The highest BCUT2D eigenvalue weighted by molar-refractivity contribution is 7.16. The summed E-state index contributed by atoms with van der Waals surface area (Å²) in [5.41, 5.74) is 0. The Kier molecular flexibility index (Phi) is 4.82. The number of carbonyl (C=O) groups excluding carboxylic acids is 1. The lowest BCUT2D eigenvalue weighted by atomic mass is 10.9. The van der Waals surface area contributed by atoms with Crippen LogP contribution in [0.3, 0.4) is 0 Å². The fraction of sp³-hybridized carbons (Fsp3) is 0.667. The molecule has 0 aromatic heterocycles. The molecule has 0 aliphatic carbocycles. The summed E-state index contributed by atoms with van der Waals surface area (Å²) in [6, 6.07) is 0. The molecule has 1 atom stereocenters. The molecule has 0 spiro atoms. The van der Waals surface area contributed by atoms with E-state index in [1.165, 1.54) is 6.47 Å².